The average Bonchev–Trinajstić information content (AvgIpc) is 3.44. The minimum absolute atomic E-state index is 0.201. The van der Waals surface area contributed by atoms with Crippen molar-refractivity contribution in [1.82, 2.24) is 9.66 Å². The van der Waals surface area contributed by atoms with Crippen molar-refractivity contribution in [3.63, 3.8) is 0 Å². The molecule has 42 heavy (non-hydrogen) atoms. The van der Waals surface area contributed by atoms with Gasteiger partial charge in [-0.25, -0.2) is 4.98 Å². The lowest BCUT2D eigenvalue weighted by atomic mass is 10.2. The molecular formula is C32H23IN4O5. The molecule has 0 aliphatic heterocycles. The average molecular weight is 670 g/mol. The number of nitrogens with zero attached hydrogens (tertiary/aromatic N) is 3. The fraction of sp³-hybridized carbons (Fsp3) is 0.0625. The molecular weight excluding hydrogens is 647 g/mol. The van der Waals surface area contributed by atoms with E-state index in [1.54, 1.807) is 42.6 Å². The van der Waals surface area contributed by atoms with Crippen LogP contribution in [0, 0.1) is 3.57 Å². The van der Waals surface area contributed by atoms with Gasteiger partial charge in [0, 0.05) is 11.1 Å². The molecule has 2 heterocycles. The molecule has 0 fully saturated rings. The Labute approximate surface area is 253 Å². The zero-order valence-electron chi connectivity index (χ0n) is 22.3. The largest absolute Gasteiger partial charge is 0.493 e. The molecule has 2 aromatic heterocycles. The van der Waals surface area contributed by atoms with Crippen LogP contribution >= 0.6 is 22.6 Å². The molecule has 0 bridgehead atoms. The summed E-state index contributed by atoms with van der Waals surface area (Å²) in [5.74, 6) is 1.23. The third-order valence-electron chi connectivity index (χ3n) is 6.38. The zero-order valence-corrected chi connectivity index (χ0v) is 24.4. The lowest BCUT2D eigenvalue weighted by Crippen LogP contribution is -2.20. The second-order valence-electron chi connectivity index (χ2n) is 9.20. The Hall–Kier alpha value is -4.97. The highest BCUT2D eigenvalue weighted by molar-refractivity contribution is 14.1. The van der Waals surface area contributed by atoms with E-state index in [0.717, 1.165) is 5.39 Å². The monoisotopic (exact) mass is 670 g/mol. The Bertz CT molecular complexity index is 1980. The molecule has 0 atom stereocenters. The number of para-hydroxylation sites is 3. The molecule has 4 aromatic carbocycles. The highest BCUT2D eigenvalue weighted by Crippen LogP contribution is 2.34. The molecule has 1 N–H and O–H groups in total. The van der Waals surface area contributed by atoms with E-state index in [0.29, 0.717) is 48.6 Å². The van der Waals surface area contributed by atoms with Crippen molar-refractivity contribution in [1.29, 1.82) is 0 Å². The van der Waals surface area contributed by atoms with Crippen molar-refractivity contribution in [3.05, 3.63) is 117 Å². The van der Waals surface area contributed by atoms with E-state index in [1.807, 2.05) is 60.7 Å². The Morgan fingerprint density at radius 1 is 1.02 bits per heavy atom. The molecule has 0 saturated carbocycles. The molecule has 9 nitrogen and oxygen atoms in total. The van der Waals surface area contributed by atoms with E-state index in [9.17, 15) is 9.59 Å². The predicted molar refractivity (Wildman–Crippen MR) is 170 cm³/mol. The van der Waals surface area contributed by atoms with Gasteiger partial charge in [0.2, 0.25) is 5.82 Å². The lowest BCUT2D eigenvalue weighted by molar-refractivity contribution is -0.118. The maximum atomic E-state index is 13.6. The first-order chi connectivity index (χ1) is 20.5. The molecule has 0 saturated heterocycles. The number of halogens is 1. The van der Waals surface area contributed by atoms with Crippen LogP contribution in [0.25, 0.3) is 33.5 Å². The number of benzene rings is 4. The number of fused-ring (bicyclic) bond motifs is 2. The third-order valence-corrected chi connectivity index (χ3v) is 7.18. The summed E-state index contributed by atoms with van der Waals surface area (Å²) in [6.45, 7) is -0.201. The number of ether oxygens (including phenoxy) is 2. The quantitative estimate of drug-likeness (QED) is 0.150. The maximum absolute atomic E-state index is 13.6. The van der Waals surface area contributed by atoms with Crippen LogP contribution in [-0.4, -0.2) is 35.5 Å². The predicted octanol–water partition coefficient (Wildman–Crippen LogP) is 6.32. The van der Waals surface area contributed by atoms with Crippen LogP contribution in [0.15, 0.2) is 111 Å². The summed E-state index contributed by atoms with van der Waals surface area (Å²) in [6.07, 6.45) is 1.54. The molecule has 10 heteroatoms. The minimum Gasteiger partial charge on any atom is -0.493 e. The normalized spacial score (nSPS) is 11.3. The first kappa shape index (κ1) is 27.2. The molecule has 6 aromatic rings. The highest BCUT2D eigenvalue weighted by atomic mass is 127. The first-order valence-electron chi connectivity index (χ1n) is 12.9. The maximum Gasteiger partial charge on any atom is 0.282 e. The number of hydrogen-bond donors (Lipinski definition) is 1. The van der Waals surface area contributed by atoms with Crippen LogP contribution in [0.3, 0.4) is 0 Å². The van der Waals surface area contributed by atoms with Crippen molar-refractivity contribution in [2.45, 2.75) is 0 Å². The van der Waals surface area contributed by atoms with Gasteiger partial charge in [-0.1, -0.05) is 48.5 Å². The standard InChI is InChI=1S/C32H23IN4O5/c1-40-27-16-20(15-24(33)30(27)41-19-29(38)35-22-10-3-2-4-11-22)18-34-37-31(28-17-21-9-5-8-14-26(21)42-28)36-25-13-7-6-12-23(25)32(37)39/h2-18H,19H2,1H3,(H,35,38). The summed E-state index contributed by atoms with van der Waals surface area (Å²) in [5, 5.41) is 8.64. The van der Waals surface area contributed by atoms with Crippen LogP contribution < -0.4 is 20.3 Å². The van der Waals surface area contributed by atoms with Gasteiger partial charge in [-0.05, 0) is 76.7 Å². The molecule has 1 amide bonds. The molecule has 0 spiro atoms. The van der Waals surface area contributed by atoms with E-state index in [1.165, 1.54) is 11.8 Å². The van der Waals surface area contributed by atoms with E-state index in [4.69, 9.17) is 18.9 Å². The second-order valence-corrected chi connectivity index (χ2v) is 10.4. The smallest absolute Gasteiger partial charge is 0.282 e. The minimum atomic E-state index is -0.335. The Morgan fingerprint density at radius 2 is 1.79 bits per heavy atom. The fourth-order valence-corrected chi connectivity index (χ4v) is 5.20. The molecule has 6 rings (SSSR count). The lowest BCUT2D eigenvalue weighted by Gasteiger charge is -2.13. The van der Waals surface area contributed by atoms with Gasteiger partial charge < -0.3 is 19.2 Å². The zero-order chi connectivity index (χ0) is 29.1. The van der Waals surface area contributed by atoms with E-state index >= 15 is 0 Å². The Morgan fingerprint density at radius 3 is 2.60 bits per heavy atom. The topological polar surface area (TPSA) is 108 Å². The van der Waals surface area contributed by atoms with Crippen LogP contribution in [0.2, 0.25) is 0 Å². The van der Waals surface area contributed by atoms with E-state index < -0.39 is 0 Å². The number of furan rings is 1. The summed E-state index contributed by atoms with van der Waals surface area (Å²) in [6, 6.07) is 29.2. The number of rotatable bonds is 8. The van der Waals surface area contributed by atoms with E-state index in [2.05, 4.69) is 33.0 Å². The Kier molecular flexibility index (Phi) is 7.69. The van der Waals surface area contributed by atoms with Gasteiger partial charge in [-0.2, -0.15) is 9.78 Å². The van der Waals surface area contributed by atoms with Crippen LogP contribution in [0.1, 0.15) is 5.56 Å². The first-order valence-corrected chi connectivity index (χ1v) is 14.0. The fourth-order valence-electron chi connectivity index (χ4n) is 4.42. The third kappa shape index (κ3) is 5.61. The molecule has 208 valence electrons. The van der Waals surface area contributed by atoms with Crippen LogP contribution in [0.5, 0.6) is 11.5 Å². The summed E-state index contributed by atoms with van der Waals surface area (Å²) >= 11 is 2.11. The summed E-state index contributed by atoms with van der Waals surface area (Å²) < 4.78 is 19.3. The SMILES string of the molecule is COc1cc(C=Nn2c(-c3cc4ccccc4o3)nc3ccccc3c2=O)cc(I)c1OCC(=O)Nc1ccccc1. The second kappa shape index (κ2) is 11.9. The van der Waals surface area contributed by atoms with Gasteiger partial charge in [0.15, 0.2) is 23.9 Å². The van der Waals surface area contributed by atoms with Crippen molar-refractivity contribution in [2.24, 2.45) is 5.10 Å². The van der Waals surface area contributed by atoms with Gasteiger partial charge >= 0.3 is 0 Å². The van der Waals surface area contributed by atoms with Crippen molar-refractivity contribution in [2.75, 3.05) is 19.0 Å². The van der Waals surface area contributed by atoms with Crippen molar-refractivity contribution in [3.8, 4) is 23.1 Å². The highest BCUT2D eigenvalue weighted by Gasteiger charge is 2.17. The summed E-state index contributed by atoms with van der Waals surface area (Å²) in [5.41, 5.74) is 2.21. The molecule has 0 aliphatic rings. The van der Waals surface area contributed by atoms with Gasteiger partial charge in [-0.3, -0.25) is 9.59 Å². The number of hydrogen-bond acceptors (Lipinski definition) is 7. The van der Waals surface area contributed by atoms with Gasteiger partial charge in [0.1, 0.15) is 5.58 Å². The number of anilines is 1. The van der Waals surface area contributed by atoms with Crippen LogP contribution in [-0.2, 0) is 4.79 Å². The summed E-state index contributed by atoms with van der Waals surface area (Å²) in [7, 11) is 1.51. The molecule has 0 unspecified atom stereocenters. The van der Waals surface area contributed by atoms with Crippen LogP contribution in [0.4, 0.5) is 5.69 Å². The Balaban J connectivity index is 1.32. The number of nitrogens with one attached hydrogen (secondary N) is 1. The number of aromatic nitrogens is 2. The number of amides is 1. The van der Waals surface area contributed by atoms with Crippen molar-refractivity contribution >= 4 is 62.3 Å². The van der Waals surface area contributed by atoms with Gasteiger partial charge in [-0.15, -0.1) is 0 Å². The molecule has 0 aliphatic carbocycles. The number of carbonyl (C=O) groups is 1. The van der Waals surface area contributed by atoms with Crippen molar-refractivity contribution < 1.29 is 18.7 Å². The molecule has 0 radical (unpaired) electrons. The van der Waals surface area contributed by atoms with E-state index in [-0.39, 0.29) is 23.9 Å². The van der Waals surface area contributed by atoms with Gasteiger partial charge in [0.25, 0.3) is 11.5 Å². The number of methoxy groups -OCH3 is 1. The summed E-state index contributed by atoms with van der Waals surface area (Å²) in [4.78, 5) is 30.7. The van der Waals surface area contributed by atoms with Gasteiger partial charge in [0.05, 0.1) is 27.8 Å². The number of carbonyl (C=O) groups excluding carboxylic acids is 1.